The van der Waals surface area contributed by atoms with Crippen molar-refractivity contribution in [3.8, 4) is 11.5 Å². The van der Waals surface area contributed by atoms with E-state index >= 15 is 0 Å². The van der Waals surface area contributed by atoms with Gasteiger partial charge in [0.05, 0.1) is 13.7 Å². The lowest BCUT2D eigenvalue weighted by atomic mass is 10.1. The molecule has 0 radical (unpaired) electrons. The SMILES string of the molecule is CNC(C)c1ccc(OC)cc1OCC(O)CO. The van der Waals surface area contributed by atoms with E-state index < -0.39 is 6.10 Å². The zero-order valence-corrected chi connectivity index (χ0v) is 11.0. The molecular weight excluding hydrogens is 234 g/mol. The first kappa shape index (κ1) is 14.8. The van der Waals surface area contributed by atoms with Crippen LogP contribution < -0.4 is 14.8 Å². The molecule has 1 rings (SSSR count). The van der Waals surface area contributed by atoms with E-state index in [2.05, 4.69) is 5.32 Å². The maximum Gasteiger partial charge on any atom is 0.127 e. The number of ether oxygens (including phenoxy) is 2. The van der Waals surface area contributed by atoms with Gasteiger partial charge in [0.15, 0.2) is 0 Å². The zero-order valence-electron chi connectivity index (χ0n) is 11.0. The molecule has 0 fully saturated rings. The van der Waals surface area contributed by atoms with Crippen LogP contribution in [0, 0.1) is 0 Å². The third-order valence-electron chi connectivity index (χ3n) is 2.76. The number of hydrogen-bond acceptors (Lipinski definition) is 5. The Labute approximate surface area is 107 Å². The molecule has 0 aliphatic carbocycles. The van der Waals surface area contributed by atoms with Crippen LogP contribution in [0.3, 0.4) is 0 Å². The molecule has 1 aromatic rings. The molecule has 0 amide bonds. The zero-order chi connectivity index (χ0) is 13.5. The van der Waals surface area contributed by atoms with E-state index in [4.69, 9.17) is 14.6 Å². The van der Waals surface area contributed by atoms with Gasteiger partial charge in [-0.25, -0.2) is 0 Å². The van der Waals surface area contributed by atoms with E-state index in [9.17, 15) is 5.11 Å². The smallest absolute Gasteiger partial charge is 0.127 e. The molecule has 0 heterocycles. The topological polar surface area (TPSA) is 71.0 Å². The molecule has 3 N–H and O–H groups in total. The van der Waals surface area contributed by atoms with Crippen molar-refractivity contribution in [1.29, 1.82) is 0 Å². The first-order valence-corrected chi connectivity index (χ1v) is 5.89. The van der Waals surface area contributed by atoms with Crippen LogP contribution in [-0.4, -0.2) is 43.7 Å². The van der Waals surface area contributed by atoms with Gasteiger partial charge in [-0.05, 0) is 20.0 Å². The van der Waals surface area contributed by atoms with E-state index in [1.54, 1.807) is 13.2 Å². The van der Waals surface area contributed by atoms with Gasteiger partial charge in [0, 0.05) is 17.7 Å². The van der Waals surface area contributed by atoms with Gasteiger partial charge in [-0.2, -0.15) is 0 Å². The maximum atomic E-state index is 9.31. The largest absolute Gasteiger partial charge is 0.497 e. The fraction of sp³-hybridized carbons (Fsp3) is 0.538. The highest BCUT2D eigenvalue weighted by Crippen LogP contribution is 2.29. The van der Waals surface area contributed by atoms with Crippen molar-refractivity contribution >= 4 is 0 Å². The molecule has 0 saturated heterocycles. The fourth-order valence-electron chi connectivity index (χ4n) is 1.52. The van der Waals surface area contributed by atoms with Crippen molar-refractivity contribution in [2.45, 2.75) is 19.1 Å². The second kappa shape index (κ2) is 7.20. The van der Waals surface area contributed by atoms with E-state index in [1.807, 2.05) is 26.1 Å². The number of nitrogens with one attached hydrogen (secondary N) is 1. The molecule has 0 aliphatic heterocycles. The van der Waals surface area contributed by atoms with Crippen LogP contribution in [-0.2, 0) is 0 Å². The average Bonchev–Trinajstić information content (AvgIpc) is 2.43. The minimum absolute atomic E-state index is 0.0487. The molecule has 0 spiro atoms. The molecule has 2 unspecified atom stereocenters. The third kappa shape index (κ3) is 3.87. The standard InChI is InChI=1S/C13H21NO4/c1-9(14-2)12-5-4-11(17-3)6-13(12)18-8-10(16)7-15/h4-6,9-10,14-16H,7-8H2,1-3H3. The predicted molar refractivity (Wildman–Crippen MR) is 69.1 cm³/mol. The Morgan fingerprint density at radius 2 is 2.11 bits per heavy atom. The highest BCUT2D eigenvalue weighted by Gasteiger charge is 2.13. The van der Waals surface area contributed by atoms with Crippen LogP contribution in [0.1, 0.15) is 18.5 Å². The van der Waals surface area contributed by atoms with Gasteiger partial charge in [-0.1, -0.05) is 6.07 Å². The van der Waals surface area contributed by atoms with Crippen LogP contribution in [0.25, 0.3) is 0 Å². The normalized spacial score (nSPS) is 14.1. The Morgan fingerprint density at radius 1 is 1.39 bits per heavy atom. The Balaban J connectivity index is 2.89. The van der Waals surface area contributed by atoms with Crippen molar-refractivity contribution in [3.05, 3.63) is 23.8 Å². The van der Waals surface area contributed by atoms with Crippen LogP contribution in [0.15, 0.2) is 18.2 Å². The minimum atomic E-state index is -0.881. The molecule has 2 atom stereocenters. The number of aliphatic hydroxyl groups excluding tert-OH is 2. The first-order valence-electron chi connectivity index (χ1n) is 5.89. The predicted octanol–water partition coefficient (Wildman–Crippen LogP) is 0.708. The molecule has 5 nitrogen and oxygen atoms in total. The highest BCUT2D eigenvalue weighted by atomic mass is 16.5. The Bertz CT molecular complexity index is 370. The van der Waals surface area contributed by atoms with Gasteiger partial charge in [0.1, 0.15) is 24.2 Å². The van der Waals surface area contributed by atoms with Gasteiger partial charge < -0.3 is 25.0 Å². The summed E-state index contributed by atoms with van der Waals surface area (Å²) in [6, 6.07) is 5.67. The average molecular weight is 255 g/mol. The summed E-state index contributed by atoms with van der Waals surface area (Å²) in [7, 11) is 3.45. The quantitative estimate of drug-likeness (QED) is 0.669. The number of benzene rings is 1. The van der Waals surface area contributed by atoms with Gasteiger partial charge in [0.25, 0.3) is 0 Å². The lowest BCUT2D eigenvalue weighted by molar-refractivity contribution is 0.0531. The Kier molecular flexibility index (Phi) is 5.91. The summed E-state index contributed by atoms with van der Waals surface area (Å²) in [6.07, 6.45) is -0.881. The van der Waals surface area contributed by atoms with E-state index in [-0.39, 0.29) is 19.3 Å². The van der Waals surface area contributed by atoms with Crippen LogP contribution >= 0.6 is 0 Å². The van der Waals surface area contributed by atoms with Gasteiger partial charge >= 0.3 is 0 Å². The summed E-state index contributed by atoms with van der Waals surface area (Å²) < 4.78 is 10.7. The van der Waals surface area contributed by atoms with Gasteiger partial charge in [0.2, 0.25) is 0 Å². The lowest BCUT2D eigenvalue weighted by Crippen LogP contribution is -2.22. The molecule has 102 valence electrons. The molecule has 18 heavy (non-hydrogen) atoms. The van der Waals surface area contributed by atoms with Gasteiger partial charge in [-0.3, -0.25) is 0 Å². The van der Waals surface area contributed by atoms with Crippen LogP contribution in [0.2, 0.25) is 0 Å². The summed E-state index contributed by atoms with van der Waals surface area (Å²) in [5.74, 6) is 1.33. The van der Waals surface area contributed by atoms with E-state index in [1.165, 1.54) is 0 Å². The summed E-state index contributed by atoms with van der Waals surface area (Å²) >= 11 is 0. The van der Waals surface area contributed by atoms with E-state index in [0.29, 0.717) is 11.5 Å². The molecule has 0 saturated carbocycles. The number of methoxy groups -OCH3 is 1. The Hall–Kier alpha value is -1.30. The summed E-state index contributed by atoms with van der Waals surface area (Å²) in [4.78, 5) is 0. The highest BCUT2D eigenvalue weighted by molar-refractivity contribution is 5.42. The molecule has 1 aromatic carbocycles. The molecule has 0 aromatic heterocycles. The minimum Gasteiger partial charge on any atom is -0.497 e. The second-order valence-corrected chi connectivity index (χ2v) is 4.06. The monoisotopic (exact) mass is 255 g/mol. The number of aliphatic hydroxyl groups is 2. The van der Waals surface area contributed by atoms with E-state index in [0.717, 1.165) is 5.56 Å². The summed E-state index contributed by atoms with van der Waals surface area (Å²) in [5, 5.41) is 21.2. The molecule has 0 bridgehead atoms. The van der Waals surface area contributed by atoms with Gasteiger partial charge in [-0.15, -0.1) is 0 Å². The van der Waals surface area contributed by atoms with Crippen molar-refractivity contribution in [2.75, 3.05) is 27.4 Å². The molecule has 5 heteroatoms. The van der Waals surface area contributed by atoms with Crippen molar-refractivity contribution in [2.24, 2.45) is 0 Å². The number of hydrogen-bond donors (Lipinski definition) is 3. The van der Waals surface area contributed by atoms with Crippen LogP contribution in [0.5, 0.6) is 11.5 Å². The van der Waals surface area contributed by atoms with Crippen molar-refractivity contribution in [3.63, 3.8) is 0 Å². The molecule has 0 aliphatic rings. The Morgan fingerprint density at radius 3 is 2.67 bits per heavy atom. The fourth-order valence-corrected chi connectivity index (χ4v) is 1.52. The maximum absolute atomic E-state index is 9.31. The van der Waals surface area contributed by atoms with Crippen molar-refractivity contribution < 1.29 is 19.7 Å². The van der Waals surface area contributed by atoms with Crippen LogP contribution in [0.4, 0.5) is 0 Å². The lowest BCUT2D eigenvalue weighted by Gasteiger charge is -2.18. The first-order chi connectivity index (χ1) is 8.62. The second-order valence-electron chi connectivity index (χ2n) is 4.06. The molecular formula is C13H21NO4. The summed E-state index contributed by atoms with van der Waals surface area (Å²) in [5.41, 5.74) is 0.975. The summed E-state index contributed by atoms with van der Waals surface area (Å²) in [6.45, 7) is 1.74. The number of rotatable bonds is 7. The van der Waals surface area contributed by atoms with Crippen molar-refractivity contribution in [1.82, 2.24) is 5.32 Å². The third-order valence-corrected chi connectivity index (χ3v) is 2.76.